The van der Waals surface area contributed by atoms with Crippen LogP contribution < -0.4 is 0 Å². The van der Waals surface area contributed by atoms with Crippen molar-refractivity contribution in [3.8, 4) is 0 Å². The van der Waals surface area contributed by atoms with Gasteiger partial charge in [-0.25, -0.2) is 0 Å². The summed E-state index contributed by atoms with van der Waals surface area (Å²) < 4.78 is 0. The lowest BCUT2D eigenvalue weighted by Gasteiger charge is -2.17. The van der Waals surface area contributed by atoms with E-state index in [1.165, 1.54) is 22.3 Å². The van der Waals surface area contributed by atoms with Gasteiger partial charge in [0.1, 0.15) is 6.10 Å². The van der Waals surface area contributed by atoms with E-state index in [0.717, 1.165) is 17.7 Å². The van der Waals surface area contributed by atoms with Crippen LogP contribution in [0.4, 0.5) is 0 Å². The Morgan fingerprint density at radius 1 is 1.15 bits per heavy atom. The molecule has 0 aliphatic carbocycles. The molecule has 0 bridgehead atoms. The van der Waals surface area contributed by atoms with Crippen molar-refractivity contribution in [1.82, 2.24) is 4.98 Å². The van der Waals surface area contributed by atoms with E-state index in [1.807, 2.05) is 12.1 Å². The molecule has 0 radical (unpaired) electrons. The lowest BCUT2D eigenvalue weighted by molar-refractivity contribution is 0.172. The predicted molar refractivity (Wildman–Crippen MR) is 82.9 cm³/mol. The highest BCUT2D eigenvalue weighted by atomic mass is 16.3. The summed E-state index contributed by atoms with van der Waals surface area (Å²) in [7, 11) is 0. The van der Waals surface area contributed by atoms with Gasteiger partial charge in [-0.1, -0.05) is 30.7 Å². The molecule has 0 spiro atoms. The molecule has 0 saturated carbocycles. The minimum atomic E-state index is -0.536. The van der Waals surface area contributed by atoms with Crippen LogP contribution in [0, 0.1) is 20.8 Å². The molecular weight excluding hydrogens is 246 g/mol. The predicted octanol–water partition coefficient (Wildman–Crippen LogP) is 3.85. The SMILES string of the molecule is CCc1cccnc1C(O)Cc1c(C)cc(C)cc1C. The normalized spacial score (nSPS) is 12.4. The molecule has 1 aromatic heterocycles. The number of hydrogen-bond acceptors (Lipinski definition) is 2. The molecule has 2 heteroatoms. The van der Waals surface area contributed by atoms with Gasteiger partial charge >= 0.3 is 0 Å². The molecule has 0 aliphatic heterocycles. The zero-order valence-corrected chi connectivity index (χ0v) is 12.8. The highest BCUT2D eigenvalue weighted by Crippen LogP contribution is 2.25. The molecule has 0 saturated heterocycles. The van der Waals surface area contributed by atoms with Gasteiger partial charge in [-0.2, -0.15) is 0 Å². The smallest absolute Gasteiger partial charge is 0.100 e. The van der Waals surface area contributed by atoms with Crippen molar-refractivity contribution in [2.75, 3.05) is 0 Å². The summed E-state index contributed by atoms with van der Waals surface area (Å²) in [6.45, 7) is 8.42. The third kappa shape index (κ3) is 3.07. The molecule has 1 N–H and O–H groups in total. The fourth-order valence-electron chi connectivity index (χ4n) is 2.87. The highest BCUT2D eigenvalue weighted by Gasteiger charge is 2.16. The van der Waals surface area contributed by atoms with Crippen LogP contribution in [-0.4, -0.2) is 10.1 Å². The van der Waals surface area contributed by atoms with Crippen molar-refractivity contribution in [3.63, 3.8) is 0 Å². The number of nitrogens with zero attached hydrogens (tertiary/aromatic N) is 1. The minimum absolute atomic E-state index is 0.536. The molecule has 2 aromatic rings. The molecule has 1 heterocycles. The topological polar surface area (TPSA) is 33.1 Å². The Bertz CT molecular complexity index is 581. The molecule has 1 aromatic carbocycles. The Morgan fingerprint density at radius 2 is 1.80 bits per heavy atom. The van der Waals surface area contributed by atoms with Gasteiger partial charge in [0, 0.05) is 12.6 Å². The van der Waals surface area contributed by atoms with E-state index in [2.05, 4.69) is 44.8 Å². The van der Waals surface area contributed by atoms with Crippen LogP contribution in [0.25, 0.3) is 0 Å². The Hall–Kier alpha value is -1.67. The second-order valence-corrected chi connectivity index (χ2v) is 5.50. The van der Waals surface area contributed by atoms with Gasteiger partial charge in [0.05, 0.1) is 5.69 Å². The second kappa shape index (κ2) is 6.19. The second-order valence-electron chi connectivity index (χ2n) is 5.50. The van der Waals surface area contributed by atoms with Crippen molar-refractivity contribution in [2.24, 2.45) is 0 Å². The van der Waals surface area contributed by atoms with Gasteiger partial charge in [-0.15, -0.1) is 0 Å². The third-order valence-electron chi connectivity index (χ3n) is 3.86. The van der Waals surface area contributed by atoms with E-state index in [0.29, 0.717) is 6.42 Å². The largest absolute Gasteiger partial charge is 0.386 e. The maximum absolute atomic E-state index is 10.5. The van der Waals surface area contributed by atoms with Crippen molar-refractivity contribution in [2.45, 2.75) is 46.6 Å². The average Bonchev–Trinajstić information content (AvgIpc) is 2.42. The van der Waals surface area contributed by atoms with E-state index >= 15 is 0 Å². The van der Waals surface area contributed by atoms with Crippen LogP contribution in [0.3, 0.4) is 0 Å². The van der Waals surface area contributed by atoms with E-state index in [9.17, 15) is 5.11 Å². The molecule has 2 rings (SSSR count). The quantitative estimate of drug-likeness (QED) is 0.914. The first-order chi connectivity index (χ1) is 9.52. The van der Waals surface area contributed by atoms with E-state index < -0.39 is 6.10 Å². The van der Waals surface area contributed by atoms with Crippen LogP contribution in [0.2, 0.25) is 0 Å². The monoisotopic (exact) mass is 269 g/mol. The minimum Gasteiger partial charge on any atom is -0.386 e. The Morgan fingerprint density at radius 3 is 2.40 bits per heavy atom. The Labute approximate surface area is 121 Å². The zero-order chi connectivity index (χ0) is 14.7. The number of rotatable bonds is 4. The van der Waals surface area contributed by atoms with Crippen molar-refractivity contribution >= 4 is 0 Å². The number of aryl methyl sites for hydroxylation is 4. The Kier molecular flexibility index (Phi) is 4.56. The van der Waals surface area contributed by atoms with Gasteiger partial charge < -0.3 is 5.11 Å². The maximum Gasteiger partial charge on any atom is 0.100 e. The van der Waals surface area contributed by atoms with E-state index in [-0.39, 0.29) is 0 Å². The lowest BCUT2D eigenvalue weighted by atomic mass is 9.93. The number of aliphatic hydroxyl groups excluding tert-OH is 1. The van der Waals surface area contributed by atoms with Crippen molar-refractivity contribution < 1.29 is 5.11 Å². The van der Waals surface area contributed by atoms with E-state index in [4.69, 9.17) is 0 Å². The molecule has 2 nitrogen and oxygen atoms in total. The van der Waals surface area contributed by atoms with Crippen LogP contribution in [-0.2, 0) is 12.8 Å². The fourth-order valence-corrected chi connectivity index (χ4v) is 2.87. The molecule has 106 valence electrons. The summed E-state index contributed by atoms with van der Waals surface area (Å²) in [5, 5.41) is 10.5. The molecule has 0 aliphatic rings. The van der Waals surface area contributed by atoms with Crippen LogP contribution in [0.5, 0.6) is 0 Å². The molecule has 1 atom stereocenters. The highest BCUT2D eigenvalue weighted by molar-refractivity contribution is 5.38. The van der Waals surface area contributed by atoms with Gasteiger partial charge in [0.2, 0.25) is 0 Å². The molecule has 0 amide bonds. The summed E-state index contributed by atoms with van der Waals surface area (Å²) in [6.07, 6.45) is 2.74. The number of aromatic nitrogens is 1. The summed E-state index contributed by atoms with van der Waals surface area (Å²) in [6, 6.07) is 8.32. The number of hydrogen-bond donors (Lipinski definition) is 1. The summed E-state index contributed by atoms with van der Waals surface area (Å²) in [4.78, 5) is 4.37. The first-order valence-electron chi connectivity index (χ1n) is 7.21. The number of aliphatic hydroxyl groups is 1. The van der Waals surface area contributed by atoms with Gasteiger partial charge in [-0.05, 0) is 55.5 Å². The first-order valence-corrected chi connectivity index (χ1v) is 7.21. The summed E-state index contributed by atoms with van der Waals surface area (Å²) in [5.74, 6) is 0. The van der Waals surface area contributed by atoms with Gasteiger partial charge in [0.25, 0.3) is 0 Å². The standard InChI is InChI=1S/C18H23NO/c1-5-15-7-6-8-19-18(15)17(20)11-16-13(3)9-12(2)10-14(16)4/h6-10,17,20H,5,11H2,1-4H3. The molecular formula is C18H23NO. The molecule has 1 unspecified atom stereocenters. The van der Waals surface area contributed by atoms with Crippen LogP contribution in [0.1, 0.15) is 46.5 Å². The van der Waals surface area contributed by atoms with Gasteiger partial charge in [-0.3, -0.25) is 4.98 Å². The molecule has 0 fully saturated rings. The van der Waals surface area contributed by atoms with Crippen molar-refractivity contribution in [1.29, 1.82) is 0 Å². The average molecular weight is 269 g/mol. The van der Waals surface area contributed by atoms with Crippen molar-refractivity contribution in [3.05, 3.63) is 64.0 Å². The first kappa shape index (κ1) is 14.7. The maximum atomic E-state index is 10.5. The van der Waals surface area contributed by atoms with Crippen LogP contribution in [0.15, 0.2) is 30.5 Å². The number of benzene rings is 1. The lowest BCUT2D eigenvalue weighted by Crippen LogP contribution is -2.09. The molecule has 20 heavy (non-hydrogen) atoms. The third-order valence-corrected chi connectivity index (χ3v) is 3.86. The number of pyridine rings is 1. The Balaban J connectivity index is 2.30. The summed E-state index contributed by atoms with van der Waals surface area (Å²) in [5.41, 5.74) is 6.93. The zero-order valence-electron chi connectivity index (χ0n) is 12.8. The van der Waals surface area contributed by atoms with Gasteiger partial charge in [0.15, 0.2) is 0 Å². The van der Waals surface area contributed by atoms with E-state index in [1.54, 1.807) is 6.20 Å². The fraction of sp³-hybridized carbons (Fsp3) is 0.389. The van der Waals surface area contributed by atoms with Crippen LogP contribution >= 0.6 is 0 Å². The summed E-state index contributed by atoms with van der Waals surface area (Å²) >= 11 is 0.